The second-order valence-electron chi connectivity index (χ2n) is 3.44. The van der Waals surface area contributed by atoms with E-state index >= 15 is 0 Å². The summed E-state index contributed by atoms with van der Waals surface area (Å²) in [5, 5.41) is 3.33. The molecule has 2 atom stereocenters. The van der Waals surface area contributed by atoms with Gasteiger partial charge in [-0.1, -0.05) is 0 Å². The number of rotatable bonds is 1. The van der Waals surface area contributed by atoms with Crippen LogP contribution in [0.3, 0.4) is 0 Å². The molecule has 12 heavy (non-hydrogen) atoms. The molecule has 3 heteroatoms. The third kappa shape index (κ3) is 1.84. The van der Waals surface area contributed by atoms with E-state index in [1.807, 2.05) is 6.21 Å². The van der Waals surface area contributed by atoms with E-state index in [0.29, 0.717) is 12.1 Å². The van der Waals surface area contributed by atoms with Crippen molar-refractivity contribution in [1.82, 2.24) is 5.32 Å². The SMILES string of the molecule is C1=NC(C2CNCCO2)CCC1. The third-order valence-corrected chi connectivity index (χ3v) is 2.52. The Kier molecular flexibility index (Phi) is 2.74. The summed E-state index contributed by atoms with van der Waals surface area (Å²) in [5.41, 5.74) is 0. The Hall–Kier alpha value is -0.410. The van der Waals surface area contributed by atoms with Crippen molar-refractivity contribution in [2.75, 3.05) is 19.7 Å². The number of morpholine rings is 1. The summed E-state index contributed by atoms with van der Waals surface area (Å²) in [6.07, 6.45) is 6.00. The second-order valence-corrected chi connectivity index (χ2v) is 3.44. The van der Waals surface area contributed by atoms with Gasteiger partial charge in [0.1, 0.15) is 0 Å². The second kappa shape index (κ2) is 4.01. The fourth-order valence-corrected chi connectivity index (χ4v) is 1.82. The molecule has 2 unspecified atom stereocenters. The van der Waals surface area contributed by atoms with Gasteiger partial charge in [0.25, 0.3) is 0 Å². The number of nitrogens with zero attached hydrogens (tertiary/aromatic N) is 1. The lowest BCUT2D eigenvalue weighted by atomic mass is 10.0. The van der Waals surface area contributed by atoms with Crippen molar-refractivity contribution in [3.8, 4) is 0 Å². The smallest absolute Gasteiger partial charge is 0.0922 e. The van der Waals surface area contributed by atoms with Gasteiger partial charge in [0.05, 0.1) is 18.8 Å². The van der Waals surface area contributed by atoms with E-state index in [0.717, 1.165) is 26.1 Å². The van der Waals surface area contributed by atoms with Gasteiger partial charge >= 0.3 is 0 Å². The fraction of sp³-hybridized carbons (Fsp3) is 0.889. The van der Waals surface area contributed by atoms with Gasteiger partial charge in [-0.15, -0.1) is 0 Å². The first-order valence-electron chi connectivity index (χ1n) is 4.81. The minimum Gasteiger partial charge on any atom is -0.373 e. The van der Waals surface area contributed by atoms with Crippen LogP contribution in [-0.4, -0.2) is 38.1 Å². The standard InChI is InChI=1S/C9H16N2O/c1-2-4-11-8(3-1)9-7-10-5-6-12-9/h4,8-10H,1-3,5-7H2. The van der Waals surface area contributed by atoms with Crippen LogP contribution in [0.25, 0.3) is 0 Å². The van der Waals surface area contributed by atoms with Gasteiger partial charge in [0.2, 0.25) is 0 Å². The van der Waals surface area contributed by atoms with Crippen molar-refractivity contribution in [3.05, 3.63) is 0 Å². The fourth-order valence-electron chi connectivity index (χ4n) is 1.82. The number of nitrogens with one attached hydrogen (secondary N) is 1. The maximum atomic E-state index is 5.64. The lowest BCUT2D eigenvalue weighted by Gasteiger charge is -2.29. The van der Waals surface area contributed by atoms with E-state index in [-0.39, 0.29) is 0 Å². The topological polar surface area (TPSA) is 33.6 Å². The molecule has 0 aromatic rings. The van der Waals surface area contributed by atoms with Crippen molar-refractivity contribution in [1.29, 1.82) is 0 Å². The van der Waals surface area contributed by atoms with Gasteiger partial charge < -0.3 is 10.1 Å². The molecular weight excluding hydrogens is 152 g/mol. The van der Waals surface area contributed by atoms with Crippen molar-refractivity contribution in [3.63, 3.8) is 0 Å². The molecule has 2 aliphatic heterocycles. The first-order chi connectivity index (χ1) is 5.97. The van der Waals surface area contributed by atoms with Crippen molar-refractivity contribution >= 4 is 6.21 Å². The predicted octanol–water partition coefficient (Wildman–Crippen LogP) is 0.598. The van der Waals surface area contributed by atoms with Crippen LogP contribution in [-0.2, 0) is 4.74 Å². The van der Waals surface area contributed by atoms with E-state index in [9.17, 15) is 0 Å². The monoisotopic (exact) mass is 168 g/mol. The largest absolute Gasteiger partial charge is 0.373 e. The molecule has 0 spiro atoms. The van der Waals surface area contributed by atoms with Gasteiger partial charge in [0, 0.05) is 13.1 Å². The van der Waals surface area contributed by atoms with Crippen LogP contribution in [0.2, 0.25) is 0 Å². The Morgan fingerprint density at radius 2 is 2.50 bits per heavy atom. The summed E-state index contributed by atoms with van der Waals surface area (Å²) in [7, 11) is 0. The number of hydrogen-bond donors (Lipinski definition) is 1. The minimum absolute atomic E-state index is 0.329. The predicted molar refractivity (Wildman–Crippen MR) is 48.7 cm³/mol. The molecule has 2 heterocycles. The average molecular weight is 168 g/mol. The lowest BCUT2D eigenvalue weighted by Crippen LogP contribution is -2.45. The van der Waals surface area contributed by atoms with Crippen molar-refractivity contribution in [2.45, 2.75) is 31.4 Å². The summed E-state index contributed by atoms with van der Waals surface area (Å²) in [4.78, 5) is 4.46. The summed E-state index contributed by atoms with van der Waals surface area (Å²) >= 11 is 0. The Morgan fingerprint density at radius 3 is 3.17 bits per heavy atom. The van der Waals surface area contributed by atoms with Gasteiger partial charge in [-0.25, -0.2) is 0 Å². The molecule has 68 valence electrons. The van der Waals surface area contributed by atoms with E-state index in [2.05, 4.69) is 10.3 Å². The molecule has 0 aromatic heterocycles. The molecule has 1 fully saturated rings. The molecule has 3 nitrogen and oxygen atoms in total. The molecular formula is C9H16N2O. The van der Waals surface area contributed by atoms with Crippen LogP contribution in [0.4, 0.5) is 0 Å². The zero-order chi connectivity index (χ0) is 8.23. The Balaban J connectivity index is 1.88. The van der Waals surface area contributed by atoms with Crippen LogP contribution in [0.5, 0.6) is 0 Å². The van der Waals surface area contributed by atoms with Crippen molar-refractivity contribution < 1.29 is 4.74 Å². The molecule has 1 saturated heterocycles. The molecule has 0 saturated carbocycles. The number of aliphatic imine (C=N–C) groups is 1. The zero-order valence-corrected chi connectivity index (χ0v) is 7.33. The maximum absolute atomic E-state index is 5.64. The Labute approximate surface area is 73.2 Å². The van der Waals surface area contributed by atoms with Crippen LogP contribution in [0, 0.1) is 0 Å². The molecule has 0 radical (unpaired) electrons. The minimum atomic E-state index is 0.329. The summed E-state index contributed by atoms with van der Waals surface area (Å²) < 4.78 is 5.64. The lowest BCUT2D eigenvalue weighted by molar-refractivity contribution is 0.0107. The molecule has 0 bridgehead atoms. The molecule has 0 amide bonds. The molecule has 2 aliphatic rings. The van der Waals surface area contributed by atoms with Gasteiger partial charge in [-0.3, -0.25) is 4.99 Å². The third-order valence-electron chi connectivity index (χ3n) is 2.52. The normalized spacial score (nSPS) is 36.7. The van der Waals surface area contributed by atoms with Gasteiger partial charge in [-0.2, -0.15) is 0 Å². The van der Waals surface area contributed by atoms with Gasteiger partial charge in [0.15, 0.2) is 0 Å². The van der Waals surface area contributed by atoms with E-state index in [4.69, 9.17) is 4.74 Å². The summed E-state index contributed by atoms with van der Waals surface area (Å²) in [5.74, 6) is 0. The van der Waals surface area contributed by atoms with Gasteiger partial charge in [-0.05, 0) is 25.5 Å². The first kappa shape index (κ1) is 8.20. The van der Waals surface area contributed by atoms with E-state index in [1.165, 1.54) is 12.8 Å². The van der Waals surface area contributed by atoms with Crippen molar-refractivity contribution in [2.24, 2.45) is 4.99 Å². The van der Waals surface area contributed by atoms with Crippen LogP contribution in [0.15, 0.2) is 4.99 Å². The summed E-state index contributed by atoms with van der Waals surface area (Å²) in [6.45, 7) is 2.81. The highest BCUT2D eigenvalue weighted by Gasteiger charge is 2.24. The van der Waals surface area contributed by atoms with Crippen LogP contribution >= 0.6 is 0 Å². The highest BCUT2D eigenvalue weighted by molar-refractivity contribution is 5.58. The molecule has 0 aromatic carbocycles. The first-order valence-corrected chi connectivity index (χ1v) is 4.81. The Bertz CT molecular complexity index is 164. The highest BCUT2D eigenvalue weighted by Crippen LogP contribution is 2.16. The number of hydrogen-bond acceptors (Lipinski definition) is 3. The summed E-state index contributed by atoms with van der Waals surface area (Å²) in [6, 6.07) is 0.423. The Morgan fingerprint density at radius 1 is 1.50 bits per heavy atom. The molecule has 1 N–H and O–H groups in total. The van der Waals surface area contributed by atoms with Crippen LogP contribution < -0.4 is 5.32 Å². The maximum Gasteiger partial charge on any atom is 0.0922 e. The molecule has 2 rings (SSSR count). The molecule has 0 aliphatic carbocycles. The zero-order valence-electron chi connectivity index (χ0n) is 7.33. The van der Waals surface area contributed by atoms with E-state index in [1.54, 1.807) is 0 Å². The van der Waals surface area contributed by atoms with E-state index < -0.39 is 0 Å². The highest BCUT2D eigenvalue weighted by atomic mass is 16.5. The van der Waals surface area contributed by atoms with Crippen LogP contribution in [0.1, 0.15) is 19.3 Å². The quantitative estimate of drug-likeness (QED) is 0.622. The average Bonchev–Trinajstić information content (AvgIpc) is 2.21. The number of ether oxygens (including phenoxy) is 1.